The zero-order valence-electron chi connectivity index (χ0n) is 10.8. The molecule has 1 aromatic rings. The fraction of sp³-hybridized carbons (Fsp3) is 0.455. The quantitative estimate of drug-likeness (QED) is 0.706. The molecule has 0 saturated carbocycles. The Kier molecular flexibility index (Phi) is 4.95. The van der Waals surface area contributed by atoms with E-state index in [1.807, 2.05) is 18.2 Å². The highest BCUT2D eigenvalue weighted by Crippen LogP contribution is 2.27. The van der Waals surface area contributed by atoms with Crippen LogP contribution >= 0.6 is 0 Å². The highest BCUT2D eigenvalue weighted by atomic mass is 28.4. The maximum Gasteiger partial charge on any atom is 0.540 e. The third kappa shape index (κ3) is 2.44. The molecular formula is C11H18O5Si. The van der Waals surface area contributed by atoms with Crippen molar-refractivity contribution in [3.05, 3.63) is 18.2 Å². The molecule has 96 valence electrons. The predicted octanol–water partition coefficient (Wildman–Crippen LogP) is 0.789. The highest BCUT2D eigenvalue weighted by molar-refractivity contribution is 6.76. The third-order valence-electron chi connectivity index (χ3n) is 2.54. The first kappa shape index (κ1) is 14.0. The van der Waals surface area contributed by atoms with Gasteiger partial charge >= 0.3 is 8.80 Å². The monoisotopic (exact) mass is 258 g/mol. The van der Waals surface area contributed by atoms with Gasteiger partial charge in [0.2, 0.25) is 0 Å². The first-order chi connectivity index (χ1) is 8.18. The molecule has 0 aliphatic rings. The van der Waals surface area contributed by atoms with E-state index < -0.39 is 8.80 Å². The Labute approximate surface area is 103 Å². The number of benzene rings is 1. The van der Waals surface area contributed by atoms with E-state index >= 15 is 0 Å². The van der Waals surface area contributed by atoms with Gasteiger partial charge in [0.1, 0.15) is 0 Å². The SMILES string of the molecule is COc1cccc([Si](OC)(OC)OC)c1OC. The number of rotatable bonds is 6. The van der Waals surface area contributed by atoms with Crippen molar-refractivity contribution >= 4 is 14.0 Å². The molecule has 0 bridgehead atoms. The fourth-order valence-electron chi connectivity index (χ4n) is 1.71. The minimum absolute atomic E-state index is 0.576. The summed E-state index contributed by atoms with van der Waals surface area (Å²) in [6, 6.07) is 5.50. The zero-order valence-corrected chi connectivity index (χ0v) is 11.8. The van der Waals surface area contributed by atoms with Crippen LogP contribution in [0, 0.1) is 0 Å². The molecule has 0 spiro atoms. The number of ether oxygens (including phenoxy) is 2. The zero-order chi connectivity index (χ0) is 12.9. The van der Waals surface area contributed by atoms with Crippen molar-refractivity contribution in [1.82, 2.24) is 0 Å². The summed E-state index contributed by atoms with van der Waals surface area (Å²) >= 11 is 0. The van der Waals surface area contributed by atoms with E-state index in [1.54, 1.807) is 35.5 Å². The van der Waals surface area contributed by atoms with Gasteiger partial charge < -0.3 is 22.8 Å². The molecule has 6 heteroatoms. The summed E-state index contributed by atoms with van der Waals surface area (Å²) in [7, 11) is 4.90. The molecule has 0 aliphatic carbocycles. The Morgan fingerprint density at radius 1 is 0.824 bits per heavy atom. The van der Waals surface area contributed by atoms with Crippen LogP contribution in [0.5, 0.6) is 11.5 Å². The second-order valence-corrected chi connectivity index (χ2v) is 6.09. The molecule has 0 radical (unpaired) electrons. The lowest BCUT2D eigenvalue weighted by molar-refractivity contribution is 0.139. The second kappa shape index (κ2) is 6.01. The van der Waals surface area contributed by atoms with E-state index in [2.05, 4.69) is 0 Å². The number of para-hydroxylation sites is 1. The second-order valence-electron chi connectivity index (χ2n) is 3.21. The van der Waals surface area contributed by atoms with E-state index in [9.17, 15) is 0 Å². The lowest BCUT2D eigenvalue weighted by atomic mass is 10.3. The van der Waals surface area contributed by atoms with Gasteiger partial charge in [0.05, 0.1) is 19.4 Å². The minimum atomic E-state index is -2.91. The van der Waals surface area contributed by atoms with Gasteiger partial charge in [-0.25, -0.2) is 0 Å². The van der Waals surface area contributed by atoms with Crippen molar-refractivity contribution in [1.29, 1.82) is 0 Å². The van der Waals surface area contributed by atoms with Crippen LogP contribution in [0.25, 0.3) is 0 Å². The summed E-state index contributed by atoms with van der Waals surface area (Å²) in [5.74, 6) is 1.19. The molecule has 0 aliphatic heterocycles. The average molecular weight is 258 g/mol. The molecule has 0 aromatic heterocycles. The summed E-state index contributed by atoms with van der Waals surface area (Å²) < 4.78 is 26.9. The van der Waals surface area contributed by atoms with E-state index in [0.717, 1.165) is 5.19 Å². The van der Waals surface area contributed by atoms with Crippen molar-refractivity contribution in [3.8, 4) is 11.5 Å². The van der Waals surface area contributed by atoms with Gasteiger partial charge in [-0.1, -0.05) is 12.1 Å². The van der Waals surface area contributed by atoms with Gasteiger partial charge in [-0.05, 0) is 6.07 Å². The van der Waals surface area contributed by atoms with Crippen LogP contribution in [0.1, 0.15) is 0 Å². The van der Waals surface area contributed by atoms with Gasteiger partial charge in [0, 0.05) is 21.3 Å². The molecule has 0 unspecified atom stereocenters. The largest absolute Gasteiger partial charge is 0.540 e. The summed E-state index contributed by atoms with van der Waals surface area (Å²) in [6.07, 6.45) is 0. The Morgan fingerprint density at radius 2 is 1.41 bits per heavy atom. The minimum Gasteiger partial charge on any atom is -0.493 e. The number of hydrogen-bond donors (Lipinski definition) is 0. The Bertz CT molecular complexity index is 357. The highest BCUT2D eigenvalue weighted by Gasteiger charge is 2.44. The molecule has 0 atom stereocenters. The topological polar surface area (TPSA) is 46.2 Å². The van der Waals surface area contributed by atoms with Gasteiger partial charge in [0.15, 0.2) is 11.5 Å². The van der Waals surface area contributed by atoms with Crippen molar-refractivity contribution in [2.24, 2.45) is 0 Å². The first-order valence-corrected chi connectivity index (χ1v) is 6.78. The molecule has 0 N–H and O–H groups in total. The first-order valence-electron chi connectivity index (χ1n) is 5.06. The summed E-state index contributed by atoms with van der Waals surface area (Å²) in [5, 5.41) is 0.742. The molecule has 1 aromatic carbocycles. The molecule has 17 heavy (non-hydrogen) atoms. The summed E-state index contributed by atoms with van der Waals surface area (Å²) in [5.41, 5.74) is 0. The van der Waals surface area contributed by atoms with Crippen LogP contribution in [-0.2, 0) is 13.3 Å². The van der Waals surface area contributed by atoms with Crippen LogP contribution in [0.3, 0.4) is 0 Å². The maximum atomic E-state index is 5.42. The van der Waals surface area contributed by atoms with Crippen LogP contribution in [0.4, 0.5) is 0 Å². The van der Waals surface area contributed by atoms with E-state index in [-0.39, 0.29) is 0 Å². The van der Waals surface area contributed by atoms with E-state index in [1.165, 1.54) is 0 Å². The number of hydrogen-bond acceptors (Lipinski definition) is 5. The van der Waals surface area contributed by atoms with Crippen LogP contribution < -0.4 is 14.7 Å². The molecule has 5 nitrogen and oxygen atoms in total. The van der Waals surface area contributed by atoms with Crippen molar-refractivity contribution in [3.63, 3.8) is 0 Å². The Balaban J connectivity index is 3.37. The van der Waals surface area contributed by atoms with Crippen molar-refractivity contribution in [2.45, 2.75) is 0 Å². The van der Waals surface area contributed by atoms with Crippen LogP contribution in [0.2, 0.25) is 0 Å². The van der Waals surface area contributed by atoms with Gasteiger partial charge in [0.25, 0.3) is 0 Å². The summed E-state index contributed by atoms with van der Waals surface area (Å²) in [4.78, 5) is 0. The Hall–Kier alpha value is -1.08. The van der Waals surface area contributed by atoms with Gasteiger partial charge in [-0.3, -0.25) is 0 Å². The third-order valence-corrected chi connectivity index (χ3v) is 5.20. The van der Waals surface area contributed by atoms with Gasteiger partial charge in [-0.2, -0.15) is 0 Å². The molecule has 0 amide bonds. The van der Waals surface area contributed by atoms with E-state index in [0.29, 0.717) is 11.5 Å². The smallest absolute Gasteiger partial charge is 0.493 e. The lowest BCUT2D eigenvalue weighted by Crippen LogP contribution is -2.55. The predicted molar refractivity (Wildman–Crippen MR) is 66.0 cm³/mol. The average Bonchev–Trinajstić information content (AvgIpc) is 2.41. The van der Waals surface area contributed by atoms with Crippen LogP contribution in [0.15, 0.2) is 18.2 Å². The normalized spacial score (nSPS) is 11.4. The van der Waals surface area contributed by atoms with Crippen molar-refractivity contribution in [2.75, 3.05) is 35.5 Å². The molecule has 0 fully saturated rings. The maximum absolute atomic E-state index is 5.42. The van der Waals surface area contributed by atoms with Gasteiger partial charge in [-0.15, -0.1) is 0 Å². The summed E-state index contributed by atoms with van der Waals surface area (Å²) in [6.45, 7) is 0. The van der Waals surface area contributed by atoms with E-state index in [4.69, 9.17) is 22.8 Å². The standard InChI is InChI=1S/C11H18O5Si/c1-12-9-7-6-8-10(11(9)13-2)17(14-3,15-4)16-5/h6-8H,1-5H3. The molecule has 1 rings (SSSR count). The molecular weight excluding hydrogens is 240 g/mol. The molecule has 0 saturated heterocycles. The molecule has 0 heterocycles. The number of methoxy groups -OCH3 is 2. The Morgan fingerprint density at radius 3 is 1.82 bits per heavy atom. The van der Waals surface area contributed by atoms with Crippen molar-refractivity contribution < 1.29 is 22.8 Å². The lowest BCUT2D eigenvalue weighted by Gasteiger charge is -2.26. The fourth-order valence-corrected chi connectivity index (χ4v) is 3.67. The van der Waals surface area contributed by atoms with Crippen LogP contribution in [-0.4, -0.2) is 44.4 Å².